The number of nitrogens with zero attached hydrogens (tertiary/aromatic N) is 1. The van der Waals surface area contributed by atoms with Crippen LogP contribution in [0.3, 0.4) is 0 Å². The number of rotatable bonds is 6. The van der Waals surface area contributed by atoms with Crippen LogP contribution in [-0.2, 0) is 0 Å². The summed E-state index contributed by atoms with van der Waals surface area (Å²) in [6, 6.07) is 8.49. The molecule has 1 aromatic rings. The van der Waals surface area contributed by atoms with E-state index in [4.69, 9.17) is 0 Å². The summed E-state index contributed by atoms with van der Waals surface area (Å²) in [5.74, 6) is 0. The Hall–Kier alpha value is -2.02. The van der Waals surface area contributed by atoms with Crippen molar-refractivity contribution in [2.75, 3.05) is 4.90 Å². The van der Waals surface area contributed by atoms with Crippen molar-refractivity contribution in [3.8, 4) is 0 Å². The molecule has 1 heteroatoms. The van der Waals surface area contributed by atoms with Gasteiger partial charge in [-0.05, 0) is 50.5 Å². The van der Waals surface area contributed by atoms with E-state index in [2.05, 4.69) is 50.4 Å². The number of hydrogen-bond donors (Lipinski definition) is 0. The third-order valence-corrected chi connectivity index (χ3v) is 2.88. The van der Waals surface area contributed by atoms with Crippen molar-refractivity contribution < 1.29 is 0 Å². The van der Waals surface area contributed by atoms with Gasteiger partial charge in [0.25, 0.3) is 0 Å². The molecule has 0 unspecified atom stereocenters. The van der Waals surface area contributed by atoms with Gasteiger partial charge < -0.3 is 4.90 Å². The van der Waals surface area contributed by atoms with Crippen LogP contribution < -0.4 is 4.90 Å². The van der Waals surface area contributed by atoms with Gasteiger partial charge in [0.1, 0.15) is 0 Å². The zero-order valence-corrected chi connectivity index (χ0v) is 12.2. The maximum absolute atomic E-state index is 3.92. The molecule has 0 saturated heterocycles. The summed E-state index contributed by atoms with van der Waals surface area (Å²) in [6.07, 6.45) is 8.94. The minimum Gasteiger partial charge on any atom is -0.325 e. The van der Waals surface area contributed by atoms with E-state index in [9.17, 15) is 0 Å². The summed E-state index contributed by atoms with van der Waals surface area (Å²) < 4.78 is 0. The maximum Gasteiger partial charge on any atom is 0.0449 e. The van der Waals surface area contributed by atoms with E-state index in [0.29, 0.717) is 0 Å². The first kappa shape index (κ1) is 15.0. The van der Waals surface area contributed by atoms with E-state index in [0.717, 1.165) is 12.1 Å². The predicted molar refractivity (Wildman–Crippen MR) is 87.0 cm³/mol. The fourth-order valence-electron chi connectivity index (χ4n) is 1.75. The van der Waals surface area contributed by atoms with E-state index in [1.807, 2.05) is 31.0 Å². The largest absolute Gasteiger partial charge is 0.325 e. The lowest BCUT2D eigenvalue weighted by molar-refractivity contribution is 1.22. The Kier molecular flexibility index (Phi) is 5.87. The normalized spacial score (nSPS) is 11.6. The van der Waals surface area contributed by atoms with Gasteiger partial charge in [-0.1, -0.05) is 43.0 Å². The van der Waals surface area contributed by atoms with Gasteiger partial charge >= 0.3 is 0 Å². The summed E-state index contributed by atoms with van der Waals surface area (Å²) >= 11 is 0. The lowest BCUT2D eigenvalue weighted by Gasteiger charge is -2.15. The maximum atomic E-state index is 3.92. The SMILES string of the molecule is C=CN(/C=C\C)c1ccc(/C(C)=C/CC(=C)C)cc1. The molecule has 0 N–H and O–H groups in total. The average Bonchev–Trinajstić information content (AvgIpc) is 2.42. The second-order valence-corrected chi connectivity index (χ2v) is 4.67. The van der Waals surface area contributed by atoms with Gasteiger partial charge in [-0.2, -0.15) is 0 Å². The molecule has 0 amide bonds. The molecule has 0 radical (unpaired) electrons. The highest BCUT2D eigenvalue weighted by Gasteiger charge is 2.00. The smallest absolute Gasteiger partial charge is 0.0449 e. The van der Waals surface area contributed by atoms with Crippen LogP contribution in [0.1, 0.15) is 32.8 Å². The van der Waals surface area contributed by atoms with Crippen molar-refractivity contribution in [1.29, 1.82) is 0 Å². The van der Waals surface area contributed by atoms with E-state index >= 15 is 0 Å². The molecule has 0 aliphatic carbocycles. The Morgan fingerprint density at radius 2 is 1.84 bits per heavy atom. The van der Waals surface area contributed by atoms with Crippen LogP contribution in [0.25, 0.3) is 5.57 Å². The zero-order valence-electron chi connectivity index (χ0n) is 12.2. The molecule has 0 aliphatic heterocycles. The lowest BCUT2D eigenvalue weighted by Crippen LogP contribution is -2.05. The van der Waals surface area contributed by atoms with Crippen molar-refractivity contribution in [2.45, 2.75) is 27.2 Å². The van der Waals surface area contributed by atoms with Crippen LogP contribution in [0.5, 0.6) is 0 Å². The molecule has 0 atom stereocenters. The average molecular weight is 253 g/mol. The summed E-state index contributed by atoms with van der Waals surface area (Å²) in [4.78, 5) is 2.00. The molecule has 0 spiro atoms. The third kappa shape index (κ3) is 4.63. The second kappa shape index (κ2) is 7.42. The topological polar surface area (TPSA) is 3.24 Å². The fourth-order valence-corrected chi connectivity index (χ4v) is 1.75. The molecule has 0 saturated carbocycles. The molecule has 100 valence electrons. The Morgan fingerprint density at radius 3 is 2.32 bits per heavy atom. The molecular formula is C18H23N. The molecule has 1 nitrogen and oxygen atoms in total. The van der Waals surface area contributed by atoms with Crippen LogP contribution in [0.15, 0.2) is 67.5 Å². The quantitative estimate of drug-likeness (QED) is 0.602. The Morgan fingerprint density at radius 1 is 1.21 bits per heavy atom. The van der Waals surface area contributed by atoms with Crippen molar-refractivity contribution in [3.05, 3.63) is 73.1 Å². The van der Waals surface area contributed by atoms with Gasteiger partial charge in [0.15, 0.2) is 0 Å². The van der Waals surface area contributed by atoms with Crippen LogP contribution in [0, 0.1) is 0 Å². The van der Waals surface area contributed by atoms with Crippen molar-refractivity contribution in [1.82, 2.24) is 0 Å². The van der Waals surface area contributed by atoms with Gasteiger partial charge in [0, 0.05) is 18.1 Å². The Bertz CT molecular complexity index is 489. The van der Waals surface area contributed by atoms with Crippen molar-refractivity contribution in [3.63, 3.8) is 0 Å². The minimum atomic E-state index is 0.935. The zero-order chi connectivity index (χ0) is 14.3. The molecule has 19 heavy (non-hydrogen) atoms. The van der Waals surface area contributed by atoms with E-state index in [1.165, 1.54) is 16.7 Å². The number of benzene rings is 1. The molecule has 0 bridgehead atoms. The van der Waals surface area contributed by atoms with Crippen LogP contribution in [0.4, 0.5) is 5.69 Å². The van der Waals surface area contributed by atoms with E-state index in [1.54, 1.807) is 6.20 Å². The van der Waals surface area contributed by atoms with Crippen molar-refractivity contribution in [2.24, 2.45) is 0 Å². The third-order valence-electron chi connectivity index (χ3n) is 2.88. The summed E-state index contributed by atoms with van der Waals surface area (Å²) in [5, 5.41) is 0. The molecular weight excluding hydrogens is 230 g/mol. The summed E-state index contributed by atoms with van der Waals surface area (Å²) in [7, 11) is 0. The molecule has 0 heterocycles. The minimum absolute atomic E-state index is 0.935. The molecule has 0 fully saturated rings. The highest BCUT2D eigenvalue weighted by Crippen LogP contribution is 2.21. The first-order chi connectivity index (χ1) is 9.08. The Labute approximate surface area is 117 Å². The monoisotopic (exact) mass is 253 g/mol. The van der Waals surface area contributed by atoms with Gasteiger partial charge in [-0.25, -0.2) is 0 Å². The van der Waals surface area contributed by atoms with Crippen LogP contribution >= 0.6 is 0 Å². The van der Waals surface area contributed by atoms with Gasteiger partial charge in [0.05, 0.1) is 0 Å². The summed E-state index contributed by atoms with van der Waals surface area (Å²) in [5.41, 5.74) is 4.83. The molecule has 1 rings (SSSR count). The van der Waals surface area contributed by atoms with Gasteiger partial charge in [0.2, 0.25) is 0 Å². The predicted octanol–water partition coefficient (Wildman–Crippen LogP) is 5.54. The second-order valence-electron chi connectivity index (χ2n) is 4.67. The standard InChI is InChI=1S/C18H23N/c1-6-14-19(7-2)18-12-10-17(11-13-18)16(5)9-8-15(3)4/h6-7,9-14H,2-3,8H2,1,4-5H3/b14-6-,16-9+. The van der Waals surface area contributed by atoms with E-state index in [-0.39, 0.29) is 0 Å². The lowest BCUT2D eigenvalue weighted by atomic mass is 10.0. The molecule has 0 aromatic heterocycles. The van der Waals surface area contributed by atoms with E-state index < -0.39 is 0 Å². The first-order valence-corrected chi connectivity index (χ1v) is 6.53. The number of anilines is 1. The first-order valence-electron chi connectivity index (χ1n) is 6.53. The highest BCUT2D eigenvalue weighted by atomic mass is 15.1. The number of hydrogen-bond acceptors (Lipinski definition) is 1. The highest BCUT2D eigenvalue weighted by molar-refractivity contribution is 5.66. The molecule has 1 aromatic carbocycles. The van der Waals surface area contributed by atoms with Crippen LogP contribution in [-0.4, -0.2) is 0 Å². The van der Waals surface area contributed by atoms with Crippen molar-refractivity contribution >= 4 is 11.3 Å². The van der Waals surface area contributed by atoms with Gasteiger partial charge in [-0.15, -0.1) is 0 Å². The number of allylic oxidation sites excluding steroid dienone is 4. The fraction of sp³-hybridized carbons (Fsp3) is 0.222. The van der Waals surface area contributed by atoms with Crippen LogP contribution in [0.2, 0.25) is 0 Å². The van der Waals surface area contributed by atoms with Gasteiger partial charge in [-0.3, -0.25) is 0 Å². The molecule has 0 aliphatic rings. The Balaban J connectivity index is 2.89. The summed E-state index contributed by atoms with van der Waals surface area (Å²) in [6.45, 7) is 13.9.